The number of carbonyl (C=O) groups excluding carboxylic acids is 1. The van der Waals surface area contributed by atoms with Crippen molar-refractivity contribution in [3.05, 3.63) is 24.3 Å². The van der Waals surface area contributed by atoms with E-state index in [1.807, 2.05) is 9.47 Å². The summed E-state index contributed by atoms with van der Waals surface area (Å²) in [5, 5.41) is 17.3. The van der Waals surface area contributed by atoms with Crippen molar-refractivity contribution in [1.82, 2.24) is 19.7 Å². The molecular weight excluding hydrogens is 280 g/mol. The number of allylic oxidation sites excluding steroid dienone is 2. The zero-order chi connectivity index (χ0) is 16.0. The third-order valence-electron chi connectivity index (χ3n) is 4.34. The van der Waals surface area contributed by atoms with Crippen LogP contribution in [0.2, 0.25) is 0 Å². The Morgan fingerprint density at radius 1 is 1.36 bits per heavy atom. The van der Waals surface area contributed by atoms with Crippen LogP contribution in [-0.4, -0.2) is 50.4 Å². The van der Waals surface area contributed by atoms with Gasteiger partial charge in [-0.25, -0.2) is 0 Å². The summed E-state index contributed by atoms with van der Waals surface area (Å²) in [6.45, 7) is 6.30. The Morgan fingerprint density at radius 2 is 2.09 bits per heavy atom. The molecule has 0 saturated carbocycles. The number of carbonyl (C=O) groups is 1. The minimum Gasteiger partial charge on any atom is -0.396 e. The maximum absolute atomic E-state index is 12.4. The van der Waals surface area contributed by atoms with Crippen molar-refractivity contribution in [2.45, 2.75) is 46.1 Å². The Labute approximate surface area is 131 Å². The zero-order valence-corrected chi connectivity index (χ0v) is 13.5. The molecule has 1 N–H and O–H groups in total. The van der Waals surface area contributed by atoms with Gasteiger partial charge < -0.3 is 14.6 Å². The summed E-state index contributed by atoms with van der Waals surface area (Å²) < 4.78 is 1.81. The molecule has 0 aliphatic carbocycles. The Bertz CT molecular complexity index is 508. The molecular formula is C16H26N4O2. The van der Waals surface area contributed by atoms with E-state index in [9.17, 15) is 9.90 Å². The van der Waals surface area contributed by atoms with Gasteiger partial charge in [0.15, 0.2) is 0 Å². The summed E-state index contributed by atoms with van der Waals surface area (Å²) >= 11 is 0. The fraction of sp³-hybridized carbons (Fsp3) is 0.688. The average molecular weight is 306 g/mol. The van der Waals surface area contributed by atoms with Gasteiger partial charge in [-0.2, -0.15) is 0 Å². The molecule has 22 heavy (non-hydrogen) atoms. The Hall–Kier alpha value is -1.69. The fourth-order valence-corrected chi connectivity index (χ4v) is 2.92. The van der Waals surface area contributed by atoms with E-state index in [-0.39, 0.29) is 17.9 Å². The van der Waals surface area contributed by atoms with Crippen LogP contribution in [0.1, 0.15) is 39.5 Å². The molecule has 0 unspecified atom stereocenters. The van der Waals surface area contributed by atoms with Crippen LogP contribution in [0.4, 0.5) is 0 Å². The van der Waals surface area contributed by atoms with Crippen molar-refractivity contribution in [2.75, 3.05) is 19.7 Å². The topological polar surface area (TPSA) is 71.2 Å². The van der Waals surface area contributed by atoms with Crippen LogP contribution >= 0.6 is 0 Å². The highest BCUT2D eigenvalue weighted by Crippen LogP contribution is 2.34. The number of hydrogen-bond acceptors (Lipinski definition) is 4. The standard InChI is InChI=1S/C16H26N4O2/c1-14(2)4-7-16(11-21)6-3-8-20(10-16)15(22)5-9-19-12-17-18-13-19/h4,12-13,21H,3,5-11H2,1-2H3/t16-/m0/s1. The molecule has 0 radical (unpaired) electrons. The highest BCUT2D eigenvalue weighted by molar-refractivity contribution is 5.76. The molecule has 1 aromatic heterocycles. The van der Waals surface area contributed by atoms with Gasteiger partial charge in [-0.05, 0) is 33.1 Å². The van der Waals surface area contributed by atoms with Crippen molar-refractivity contribution >= 4 is 5.91 Å². The highest BCUT2D eigenvalue weighted by Gasteiger charge is 2.35. The van der Waals surface area contributed by atoms with Gasteiger partial charge in [0.2, 0.25) is 5.91 Å². The van der Waals surface area contributed by atoms with Gasteiger partial charge in [0, 0.05) is 31.5 Å². The van der Waals surface area contributed by atoms with Gasteiger partial charge in [-0.3, -0.25) is 4.79 Å². The van der Waals surface area contributed by atoms with Crippen molar-refractivity contribution < 1.29 is 9.90 Å². The predicted octanol–water partition coefficient (Wildman–Crippen LogP) is 1.63. The normalized spacial score (nSPS) is 21.7. The first-order valence-electron chi connectivity index (χ1n) is 7.89. The molecule has 1 amide bonds. The number of aromatic nitrogens is 3. The highest BCUT2D eigenvalue weighted by atomic mass is 16.3. The smallest absolute Gasteiger partial charge is 0.224 e. The number of rotatable bonds is 6. The number of hydrogen-bond donors (Lipinski definition) is 1. The van der Waals surface area contributed by atoms with Crippen molar-refractivity contribution in [3.8, 4) is 0 Å². The van der Waals surface area contributed by atoms with Crippen molar-refractivity contribution in [3.63, 3.8) is 0 Å². The molecule has 1 aliphatic rings. The summed E-state index contributed by atoms with van der Waals surface area (Å²) in [6, 6.07) is 0. The Kier molecular flexibility index (Phi) is 5.71. The summed E-state index contributed by atoms with van der Waals surface area (Å²) in [7, 11) is 0. The molecule has 1 saturated heterocycles. The lowest BCUT2D eigenvalue weighted by Crippen LogP contribution is -2.47. The summed E-state index contributed by atoms with van der Waals surface area (Å²) in [4.78, 5) is 14.3. The molecule has 2 rings (SSSR count). The van der Waals surface area contributed by atoms with Crippen LogP contribution in [0.15, 0.2) is 24.3 Å². The zero-order valence-electron chi connectivity index (χ0n) is 13.5. The van der Waals surface area contributed by atoms with Crippen molar-refractivity contribution in [1.29, 1.82) is 0 Å². The number of nitrogens with zero attached hydrogens (tertiary/aromatic N) is 4. The number of aliphatic hydroxyl groups excluding tert-OH is 1. The van der Waals surface area contributed by atoms with Gasteiger partial charge in [-0.15, -0.1) is 10.2 Å². The predicted molar refractivity (Wildman–Crippen MR) is 84.0 cm³/mol. The van der Waals surface area contributed by atoms with E-state index in [0.29, 0.717) is 19.5 Å². The number of aryl methyl sites for hydroxylation is 1. The molecule has 0 spiro atoms. The maximum atomic E-state index is 12.4. The summed E-state index contributed by atoms with van der Waals surface area (Å²) in [5.74, 6) is 0.142. The lowest BCUT2D eigenvalue weighted by molar-refractivity contribution is -0.135. The van der Waals surface area contributed by atoms with E-state index < -0.39 is 0 Å². The lowest BCUT2D eigenvalue weighted by Gasteiger charge is -2.41. The largest absolute Gasteiger partial charge is 0.396 e. The summed E-state index contributed by atoms with van der Waals surface area (Å²) in [6.07, 6.45) is 8.62. The van der Waals surface area contributed by atoms with E-state index in [2.05, 4.69) is 30.1 Å². The SMILES string of the molecule is CC(C)=CC[C@@]1(CO)CCCN(C(=O)CCn2cnnc2)C1. The minimum atomic E-state index is -0.179. The summed E-state index contributed by atoms with van der Waals surface area (Å²) in [5.41, 5.74) is 1.07. The molecule has 1 aromatic rings. The number of amides is 1. The monoisotopic (exact) mass is 306 g/mol. The number of aliphatic hydroxyl groups is 1. The second kappa shape index (κ2) is 7.54. The van der Waals surface area contributed by atoms with Crippen molar-refractivity contribution in [2.24, 2.45) is 5.41 Å². The molecule has 6 heteroatoms. The second-order valence-electron chi connectivity index (χ2n) is 6.51. The second-order valence-corrected chi connectivity index (χ2v) is 6.51. The van der Waals surface area contributed by atoms with Gasteiger partial charge >= 0.3 is 0 Å². The Balaban J connectivity index is 1.93. The van der Waals surface area contributed by atoms with Gasteiger partial charge in [0.1, 0.15) is 12.7 Å². The molecule has 122 valence electrons. The molecule has 1 fully saturated rings. The van der Waals surface area contributed by atoms with Gasteiger partial charge in [-0.1, -0.05) is 11.6 Å². The Morgan fingerprint density at radius 3 is 2.73 bits per heavy atom. The van der Waals surface area contributed by atoms with Crippen LogP contribution in [0.25, 0.3) is 0 Å². The molecule has 1 atom stereocenters. The van der Waals surface area contributed by atoms with E-state index in [1.54, 1.807) is 12.7 Å². The minimum absolute atomic E-state index is 0.131. The molecule has 1 aliphatic heterocycles. The third kappa shape index (κ3) is 4.40. The fourth-order valence-electron chi connectivity index (χ4n) is 2.92. The first-order valence-corrected chi connectivity index (χ1v) is 7.89. The van der Waals surface area contributed by atoms with Crippen LogP contribution in [0.5, 0.6) is 0 Å². The van der Waals surface area contributed by atoms with Crippen LogP contribution in [0.3, 0.4) is 0 Å². The number of piperidine rings is 1. The van der Waals surface area contributed by atoms with E-state index in [1.165, 1.54) is 5.57 Å². The number of likely N-dealkylation sites (tertiary alicyclic amines) is 1. The van der Waals surface area contributed by atoms with Gasteiger partial charge in [0.05, 0.1) is 6.61 Å². The van der Waals surface area contributed by atoms with E-state index >= 15 is 0 Å². The van der Waals surface area contributed by atoms with Crippen LogP contribution < -0.4 is 0 Å². The van der Waals surface area contributed by atoms with Gasteiger partial charge in [0.25, 0.3) is 0 Å². The van der Waals surface area contributed by atoms with Crippen LogP contribution in [0, 0.1) is 5.41 Å². The first kappa shape index (κ1) is 16.7. The average Bonchev–Trinajstić information content (AvgIpc) is 3.04. The molecule has 6 nitrogen and oxygen atoms in total. The third-order valence-corrected chi connectivity index (χ3v) is 4.34. The molecule has 2 heterocycles. The van der Waals surface area contributed by atoms with Crippen LogP contribution in [-0.2, 0) is 11.3 Å². The quantitative estimate of drug-likeness (QED) is 0.811. The lowest BCUT2D eigenvalue weighted by atomic mass is 9.77. The molecule has 0 aromatic carbocycles. The van der Waals surface area contributed by atoms with E-state index in [4.69, 9.17) is 0 Å². The van der Waals surface area contributed by atoms with E-state index in [0.717, 1.165) is 25.8 Å². The first-order chi connectivity index (χ1) is 10.5. The maximum Gasteiger partial charge on any atom is 0.224 e. The molecule has 0 bridgehead atoms.